The molecule has 2 nitrogen and oxygen atoms in total. The van der Waals surface area contributed by atoms with E-state index in [4.69, 9.17) is 4.74 Å². The summed E-state index contributed by atoms with van der Waals surface area (Å²) < 4.78 is 42.4. The average molecular weight is 239 g/mol. The zero-order valence-corrected chi connectivity index (χ0v) is 9.65. The fourth-order valence-corrected chi connectivity index (χ4v) is 2.25. The van der Waals surface area contributed by atoms with Crippen molar-refractivity contribution in [3.05, 3.63) is 0 Å². The first-order chi connectivity index (χ1) is 7.54. The largest absolute Gasteiger partial charge is 0.391 e. The Morgan fingerprint density at radius 1 is 1.31 bits per heavy atom. The summed E-state index contributed by atoms with van der Waals surface area (Å²) in [4.78, 5) is 0. The molecule has 1 fully saturated rings. The molecule has 0 amide bonds. The van der Waals surface area contributed by atoms with Gasteiger partial charge in [0.25, 0.3) is 0 Å². The predicted molar refractivity (Wildman–Crippen MR) is 56.2 cm³/mol. The molecule has 2 unspecified atom stereocenters. The Morgan fingerprint density at radius 3 is 2.69 bits per heavy atom. The third-order valence-corrected chi connectivity index (χ3v) is 3.16. The number of methoxy groups -OCH3 is 1. The molecule has 16 heavy (non-hydrogen) atoms. The van der Waals surface area contributed by atoms with E-state index in [1.54, 1.807) is 7.11 Å². The van der Waals surface area contributed by atoms with Crippen LogP contribution in [0, 0.1) is 11.8 Å². The topological polar surface area (TPSA) is 21.3 Å². The first kappa shape index (κ1) is 13.8. The number of hydrogen-bond donors (Lipinski definition) is 1. The Hall–Kier alpha value is -0.290. The van der Waals surface area contributed by atoms with Crippen molar-refractivity contribution in [1.29, 1.82) is 0 Å². The van der Waals surface area contributed by atoms with Gasteiger partial charge in [-0.05, 0) is 31.7 Å². The van der Waals surface area contributed by atoms with Gasteiger partial charge in [-0.3, -0.25) is 0 Å². The van der Waals surface area contributed by atoms with Gasteiger partial charge in [-0.1, -0.05) is 6.42 Å². The number of alkyl halides is 3. The predicted octanol–water partition coefficient (Wildman–Crippen LogP) is 2.59. The number of ether oxygens (including phenoxy) is 1. The van der Waals surface area contributed by atoms with Gasteiger partial charge in [0.15, 0.2) is 0 Å². The van der Waals surface area contributed by atoms with Gasteiger partial charge in [-0.25, -0.2) is 0 Å². The third-order valence-electron chi connectivity index (χ3n) is 3.16. The van der Waals surface area contributed by atoms with Crippen LogP contribution in [0.5, 0.6) is 0 Å². The van der Waals surface area contributed by atoms with Gasteiger partial charge in [0.1, 0.15) is 0 Å². The van der Waals surface area contributed by atoms with Crippen LogP contribution in [0.15, 0.2) is 0 Å². The molecule has 5 heteroatoms. The molecule has 1 rings (SSSR count). The molecule has 1 aliphatic rings. The zero-order valence-electron chi connectivity index (χ0n) is 9.65. The minimum absolute atomic E-state index is 0.164. The molecule has 0 spiro atoms. The molecule has 0 aromatic heterocycles. The van der Waals surface area contributed by atoms with Crippen LogP contribution >= 0.6 is 0 Å². The van der Waals surface area contributed by atoms with E-state index in [9.17, 15) is 13.2 Å². The summed E-state index contributed by atoms with van der Waals surface area (Å²) in [5.74, 6) is -0.923. The maximum Gasteiger partial charge on any atom is 0.391 e. The Bertz CT molecular complexity index is 196. The quantitative estimate of drug-likeness (QED) is 0.745. The number of nitrogens with one attached hydrogen (secondary N) is 1. The van der Waals surface area contributed by atoms with Gasteiger partial charge in [-0.15, -0.1) is 0 Å². The summed E-state index contributed by atoms with van der Waals surface area (Å²) in [6.45, 7) is 2.00. The molecule has 0 saturated heterocycles. The zero-order chi connectivity index (χ0) is 12.0. The fourth-order valence-electron chi connectivity index (χ4n) is 2.25. The van der Waals surface area contributed by atoms with E-state index in [-0.39, 0.29) is 12.3 Å². The number of rotatable bonds is 5. The van der Waals surface area contributed by atoms with Gasteiger partial charge in [-0.2, -0.15) is 13.2 Å². The summed E-state index contributed by atoms with van der Waals surface area (Å²) in [7, 11) is 1.61. The minimum atomic E-state index is -4.01. The van der Waals surface area contributed by atoms with Gasteiger partial charge in [0.05, 0.1) is 12.5 Å². The smallest absolute Gasteiger partial charge is 0.383 e. The molecular weight excluding hydrogens is 219 g/mol. The van der Waals surface area contributed by atoms with Gasteiger partial charge in [0, 0.05) is 13.7 Å². The van der Waals surface area contributed by atoms with Crippen LogP contribution in [-0.2, 0) is 4.74 Å². The first-order valence-electron chi connectivity index (χ1n) is 5.80. The molecule has 0 radical (unpaired) electrons. The van der Waals surface area contributed by atoms with E-state index in [1.165, 1.54) is 0 Å². The maximum absolute atomic E-state index is 12.5. The normalized spacial score (nSPS) is 27.0. The van der Waals surface area contributed by atoms with Gasteiger partial charge in [0.2, 0.25) is 0 Å². The van der Waals surface area contributed by atoms with Crippen molar-refractivity contribution in [1.82, 2.24) is 5.32 Å². The maximum atomic E-state index is 12.5. The Kier molecular flexibility index (Phi) is 5.55. The first-order valence-corrected chi connectivity index (χ1v) is 5.80. The van der Waals surface area contributed by atoms with E-state index in [2.05, 4.69) is 5.32 Å². The van der Waals surface area contributed by atoms with Crippen LogP contribution in [0.1, 0.15) is 25.7 Å². The van der Waals surface area contributed by atoms with Crippen LogP contribution in [0.4, 0.5) is 13.2 Å². The van der Waals surface area contributed by atoms with Crippen LogP contribution in [-0.4, -0.2) is 33.0 Å². The van der Waals surface area contributed by atoms with Gasteiger partial charge < -0.3 is 10.1 Å². The standard InChI is InChI=1S/C11H20F3NO/c1-16-6-5-15-8-9-3-2-4-10(7-9)11(12,13)14/h9-10,15H,2-8H2,1H3. The van der Waals surface area contributed by atoms with Crippen LogP contribution in [0.2, 0.25) is 0 Å². The molecule has 0 bridgehead atoms. The molecular formula is C11H20F3NO. The lowest BCUT2D eigenvalue weighted by Gasteiger charge is -2.30. The number of hydrogen-bond acceptors (Lipinski definition) is 2. The fraction of sp³-hybridized carbons (Fsp3) is 1.00. The highest BCUT2D eigenvalue weighted by atomic mass is 19.4. The molecule has 0 aromatic rings. The number of halogens is 3. The third kappa shape index (κ3) is 4.70. The van der Waals surface area contributed by atoms with E-state index in [1.807, 2.05) is 0 Å². The summed E-state index contributed by atoms with van der Waals surface area (Å²) >= 11 is 0. The highest BCUT2D eigenvalue weighted by Crippen LogP contribution is 2.39. The van der Waals surface area contributed by atoms with Crippen molar-refractivity contribution in [3.8, 4) is 0 Å². The minimum Gasteiger partial charge on any atom is -0.383 e. The molecule has 96 valence electrons. The highest BCUT2D eigenvalue weighted by molar-refractivity contribution is 4.78. The van der Waals surface area contributed by atoms with E-state index in [0.717, 1.165) is 6.42 Å². The van der Waals surface area contributed by atoms with Crippen molar-refractivity contribution in [2.45, 2.75) is 31.9 Å². The second-order valence-electron chi connectivity index (χ2n) is 4.47. The summed E-state index contributed by atoms with van der Waals surface area (Å²) in [5.41, 5.74) is 0. The lowest BCUT2D eigenvalue weighted by Crippen LogP contribution is -2.34. The molecule has 1 aliphatic carbocycles. The van der Waals surface area contributed by atoms with Crippen molar-refractivity contribution >= 4 is 0 Å². The monoisotopic (exact) mass is 239 g/mol. The van der Waals surface area contributed by atoms with Crippen molar-refractivity contribution in [3.63, 3.8) is 0 Å². The molecule has 1 saturated carbocycles. The Labute approximate surface area is 94.5 Å². The average Bonchev–Trinajstić information content (AvgIpc) is 2.24. The lowest BCUT2D eigenvalue weighted by atomic mass is 9.81. The Morgan fingerprint density at radius 2 is 2.06 bits per heavy atom. The molecule has 0 aromatic carbocycles. The molecule has 0 aliphatic heterocycles. The van der Waals surface area contributed by atoms with Crippen LogP contribution in [0.3, 0.4) is 0 Å². The second-order valence-corrected chi connectivity index (χ2v) is 4.47. The lowest BCUT2D eigenvalue weighted by molar-refractivity contribution is -0.185. The molecule has 1 N–H and O–H groups in total. The van der Waals surface area contributed by atoms with Crippen LogP contribution in [0.25, 0.3) is 0 Å². The van der Waals surface area contributed by atoms with Crippen molar-refractivity contribution in [2.75, 3.05) is 26.8 Å². The van der Waals surface area contributed by atoms with Gasteiger partial charge >= 0.3 is 6.18 Å². The van der Waals surface area contributed by atoms with E-state index >= 15 is 0 Å². The van der Waals surface area contributed by atoms with Crippen LogP contribution < -0.4 is 5.32 Å². The molecule has 2 atom stereocenters. The SMILES string of the molecule is COCCNCC1CCCC(C(F)(F)F)C1. The van der Waals surface area contributed by atoms with E-state index < -0.39 is 12.1 Å². The molecule has 0 heterocycles. The van der Waals surface area contributed by atoms with E-state index in [0.29, 0.717) is 32.5 Å². The van der Waals surface area contributed by atoms with Crippen molar-refractivity contribution in [2.24, 2.45) is 11.8 Å². The summed E-state index contributed by atoms with van der Waals surface area (Å²) in [5, 5.41) is 3.14. The summed E-state index contributed by atoms with van der Waals surface area (Å²) in [6, 6.07) is 0. The van der Waals surface area contributed by atoms with Crippen molar-refractivity contribution < 1.29 is 17.9 Å². The second kappa shape index (κ2) is 6.45. The highest BCUT2D eigenvalue weighted by Gasteiger charge is 2.41. The summed E-state index contributed by atoms with van der Waals surface area (Å²) in [6.07, 6.45) is -1.82. The Balaban J connectivity index is 2.23.